The van der Waals surface area contributed by atoms with Crippen molar-refractivity contribution in [2.45, 2.75) is 37.4 Å². The highest BCUT2D eigenvalue weighted by atomic mass is 32.2. The predicted octanol–water partition coefficient (Wildman–Crippen LogP) is 5.34. The summed E-state index contributed by atoms with van der Waals surface area (Å²) in [6, 6.07) is 9.84. The molecule has 0 saturated heterocycles. The van der Waals surface area contributed by atoms with E-state index in [1.807, 2.05) is 13.8 Å². The summed E-state index contributed by atoms with van der Waals surface area (Å²) in [6.07, 6.45) is -2.03. The maximum Gasteiger partial charge on any atom is 0.416 e. The molecule has 0 unspecified atom stereocenters. The number of halogens is 3. The van der Waals surface area contributed by atoms with Crippen LogP contribution in [0.25, 0.3) is 6.08 Å². The monoisotopic (exact) mass is 434 g/mol. The lowest BCUT2D eigenvalue weighted by molar-refractivity contribution is -0.137. The molecule has 0 radical (unpaired) electrons. The van der Waals surface area contributed by atoms with E-state index in [0.29, 0.717) is 21.7 Å². The fourth-order valence-corrected chi connectivity index (χ4v) is 3.96. The standard InChI is InChI=1S/C22H21F3N2O2S/c1-4-13(2)26-20(28)15-7-10-18-17(12-15)27(3)21(29)19(30-18)11-14-5-8-16(9-6-14)22(23,24)25/h5-13H,4H2,1-3H3,(H,26,28)/b19-11-/t13-/m1/s1. The number of amides is 2. The molecule has 30 heavy (non-hydrogen) atoms. The number of hydrogen-bond acceptors (Lipinski definition) is 3. The summed E-state index contributed by atoms with van der Waals surface area (Å²) in [5.74, 6) is -0.490. The van der Waals surface area contributed by atoms with Gasteiger partial charge in [0.1, 0.15) is 0 Å². The van der Waals surface area contributed by atoms with Crippen LogP contribution in [0.1, 0.15) is 41.8 Å². The van der Waals surface area contributed by atoms with E-state index in [9.17, 15) is 22.8 Å². The molecule has 2 aromatic rings. The number of nitrogens with one attached hydrogen (secondary N) is 1. The molecule has 2 aromatic carbocycles. The fourth-order valence-electron chi connectivity index (χ4n) is 2.86. The largest absolute Gasteiger partial charge is 0.416 e. The van der Waals surface area contributed by atoms with E-state index in [0.717, 1.165) is 23.4 Å². The SMILES string of the molecule is CC[C@@H](C)NC(=O)c1ccc2c(c1)N(C)C(=O)/C(=C/c1ccc(C(F)(F)F)cc1)S2. The molecule has 0 bridgehead atoms. The van der Waals surface area contributed by atoms with E-state index in [4.69, 9.17) is 0 Å². The van der Waals surface area contributed by atoms with E-state index < -0.39 is 11.7 Å². The van der Waals surface area contributed by atoms with Crippen LogP contribution in [0.2, 0.25) is 0 Å². The van der Waals surface area contributed by atoms with Crippen LogP contribution < -0.4 is 10.2 Å². The van der Waals surface area contributed by atoms with Gasteiger partial charge in [0.25, 0.3) is 11.8 Å². The number of fused-ring (bicyclic) bond motifs is 1. The highest BCUT2D eigenvalue weighted by Gasteiger charge is 2.30. The quantitative estimate of drug-likeness (QED) is 0.661. The molecular weight excluding hydrogens is 413 g/mol. The summed E-state index contributed by atoms with van der Waals surface area (Å²) in [4.78, 5) is 27.8. The number of rotatable bonds is 4. The molecule has 0 fully saturated rings. The van der Waals surface area contributed by atoms with E-state index >= 15 is 0 Å². The van der Waals surface area contributed by atoms with Crippen molar-refractivity contribution in [1.29, 1.82) is 0 Å². The van der Waals surface area contributed by atoms with Gasteiger partial charge in [-0.3, -0.25) is 9.59 Å². The minimum Gasteiger partial charge on any atom is -0.350 e. The normalized spacial score (nSPS) is 16.4. The highest BCUT2D eigenvalue weighted by Crippen LogP contribution is 2.42. The van der Waals surface area contributed by atoms with Gasteiger partial charge in [0, 0.05) is 23.5 Å². The average molecular weight is 434 g/mol. The number of thioether (sulfide) groups is 1. The lowest BCUT2D eigenvalue weighted by atomic mass is 10.1. The first kappa shape index (κ1) is 22.0. The molecule has 2 amide bonds. The van der Waals surface area contributed by atoms with Gasteiger partial charge in [-0.2, -0.15) is 13.2 Å². The van der Waals surface area contributed by atoms with E-state index in [2.05, 4.69) is 5.32 Å². The molecular formula is C22H21F3N2O2S. The van der Waals surface area contributed by atoms with Gasteiger partial charge in [0.05, 0.1) is 16.2 Å². The molecule has 158 valence electrons. The van der Waals surface area contributed by atoms with Crippen LogP contribution in [0, 0.1) is 0 Å². The van der Waals surface area contributed by atoms with E-state index in [1.165, 1.54) is 28.8 Å². The first-order chi connectivity index (χ1) is 14.1. The third-order valence-corrected chi connectivity index (χ3v) is 5.92. The summed E-state index contributed by atoms with van der Waals surface area (Å²) < 4.78 is 38.2. The number of hydrogen-bond donors (Lipinski definition) is 1. The van der Waals surface area contributed by atoms with Crippen LogP contribution in [0.4, 0.5) is 18.9 Å². The van der Waals surface area contributed by atoms with Crippen LogP contribution in [-0.2, 0) is 11.0 Å². The summed E-state index contributed by atoms with van der Waals surface area (Å²) >= 11 is 1.23. The van der Waals surface area contributed by atoms with Crippen LogP contribution >= 0.6 is 11.8 Å². The van der Waals surface area contributed by atoms with Gasteiger partial charge in [-0.05, 0) is 55.3 Å². The van der Waals surface area contributed by atoms with Crippen molar-refractivity contribution >= 4 is 35.3 Å². The number of alkyl halides is 3. The van der Waals surface area contributed by atoms with Crippen molar-refractivity contribution in [3.8, 4) is 0 Å². The molecule has 8 heteroatoms. The molecule has 0 aliphatic carbocycles. The van der Waals surface area contributed by atoms with Crippen LogP contribution in [0.15, 0.2) is 52.3 Å². The van der Waals surface area contributed by atoms with Crippen molar-refractivity contribution in [3.63, 3.8) is 0 Å². The number of carbonyl (C=O) groups excluding carboxylic acids is 2. The molecule has 1 heterocycles. The van der Waals surface area contributed by atoms with Gasteiger partial charge < -0.3 is 10.2 Å². The molecule has 1 aliphatic heterocycles. The number of nitrogens with zero attached hydrogens (tertiary/aromatic N) is 1. The van der Waals surface area contributed by atoms with Crippen molar-refractivity contribution in [1.82, 2.24) is 5.32 Å². The molecule has 0 spiro atoms. The molecule has 3 rings (SSSR count). The molecule has 0 saturated carbocycles. The van der Waals surface area contributed by atoms with Gasteiger partial charge in [0.15, 0.2) is 0 Å². The number of anilines is 1. The van der Waals surface area contributed by atoms with Crippen molar-refractivity contribution in [2.75, 3.05) is 11.9 Å². The Labute approximate surface area is 177 Å². The minimum absolute atomic E-state index is 0.0422. The lowest BCUT2D eigenvalue weighted by Crippen LogP contribution is -2.33. The van der Waals surface area contributed by atoms with Crippen molar-refractivity contribution in [2.24, 2.45) is 0 Å². The number of carbonyl (C=O) groups is 2. The first-order valence-electron chi connectivity index (χ1n) is 9.40. The topological polar surface area (TPSA) is 49.4 Å². The second kappa shape index (κ2) is 8.55. The molecule has 1 atom stereocenters. The molecule has 4 nitrogen and oxygen atoms in total. The zero-order valence-corrected chi connectivity index (χ0v) is 17.5. The molecule has 0 aromatic heterocycles. The average Bonchev–Trinajstić information content (AvgIpc) is 2.71. The third kappa shape index (κ3) is 4.70. The zero-order valence-electron chi connectivity index (χ0n) is 16.7. The summed E-state index contributed by atoms with van der Waals surface area (Å²) in [6.45, 7) is 3.89. The summed E-state index contributed by atoms with van der Waals surface area (Å²) in [5.41, 5.74) is 0.842. The maximum atomic E-state index is 12.8. The number of likely N-dealkylation sites (N-methyl/N-ethyl adjacent to an activating group) is 1. The minimum atomic E-state index is -4.40. The Morgan fingerprint density at radius 1 is 1.20 bits per heavy atom. The Kier molecular flexibility index (Phi) is 6.26. The van der Waals surface area contributed by atoms with Gasteiger partial charge in [-0.25, -0.2) is 0 Å². The summed E-state index contributed by atoms with van der Waals surface area (Å²) in [7, 11) is 1.61. The first-order valence-corrected chi connectivity index (χ1v) is 10.2. The Morgan fingerprint density at radius 3 is 2.47 bits per heavy atom. The Hall–Kier alpha value is -2.74. The smallest absolute Gasteiger partial charge is 0.350 e. The van der Waals surface area contributed by atoms with E-state index in [1.54, 1.807) is 31.3 Å². The Bertz CT molecular complexity index is 1000. The van der Waals surface area contributed by atoms with Crippen LogP contribution in [-0.4, -0.2) is 24.9 Å². The fraction of sp³-hybridized carbons (Fsp3) is 0.273. The van der Waals surface area contributed by atoms with Gasteiger partial charge in [-0.15, -0.1) is 0 Å². The maximum absolute atomic E-state index is 12.8. The van der Waals surface area contributed by atoms with Crippen LogP contribution in [0.5, 0.6) is 0 Å². The van der Waals surface area contributed by atoms with Gasteiger partial charge in [0.2, 0.25) is 0 Å². The van der Waals surface area contributed by atoms with Crippen LogP contribution in [0.3, 0.4) is 0 Å². The highest BCUT2D eigenvalue weighted by molar-refractivity contribution is 8.04. The van der Waals surface area contributed by atoms with Crippen molar-refractivity contribution in [3.05, 3.63) is 64.1 Å². The Morgan fingerprint density at radius 2 is 1.87 bits per heavy atom. The lowest BCUT2D eigenvalue weighted by Gasteiger charge is -2.27. The third-order valence-electron chi connectivity index (χ3n) is 4.84. The zero-order chi connectivity index (χ0) is 22.1. The van der Waals surface area contributed by atoms with Crippen molar-refractivity contribution < 1.29 is 22.8 Å². The second-order valence-corrected chi connectivity index (χ2v) is 8.14. The second-order valence-electron chi connectivity index (χ2n) is 7.06. The van der Waals surface area contributed by atoms with E-state index in [-0.39, 0.29) is 17.9 Å². The molecule has 1 N–H and O–H groups in total. The number of benzene rings is 2. The predicted molar refractivity (Wildman–Crippen MR) is 112 cm³/mol. The Balaban J connectivity index is 1.86. The van der Waals surface area contributed by atoms with Gasteiger partial charge >= 0.3 is 6.18 Å². The summed E-state index contributed by atoms with van der Waals surface area (Å²) in [5, 5.41) is 2.89. The molecule has 1 aliphatic rings. The van der Waals surface area contributed by atoms with Gasteiger partial charge in [-0.1, -0.05) is 30.8 Å².